The molecule has 0 bridgehead atoms. The van der Waals surface area contributed by atoms with E-state index in [1.807, 2.05) is 111 Å². The monoisotopic (exact) mass is 636 g/mol. The molecular formula is C37H29BrN6. The van der Waals surface area contributed by atoms with E-state index in [0.717, 1.165) is 38.1 Å². The van der Waals surface area contributed by atoms with E-state index in [4.69, 9.17) is 4.99 Å². The van der Waals surface area contributed by atoms with Crippen molar-refractivity contribution >= 4 is 33.1 Å². The summed E-state index contributed by atoms with van der Waals surface area (Å²) in [5, 5.41) is 43.8. The van der Waals surface area contributed by atoms with Gasteiger partial charge in [-0.05, 0) is 74.2 Å². The van der Waals surface area contributed by atoms with Crippen LogP contribution in [0, 0.1) is 83.8 Å². The second-order valence-corrected chi connectivity index (χ2v) is 12.2. The molecule has 6 nitrogen and oxygen atoms in total. The molecule has 0 saturated carbocycles. The first-order chi connectivity index (χ1) is 21.2. The van der Waals surface area contributed by atoms with Gasteiger partial charge in [0, 0.05) is 10.2 Å². The number of aliphatic imine (C=N–C) groups is 1. The van der Waals surface area contributed by atoms with Crippen LogP contribution in [-0.4, -0.2) is 5.84 Å². The molecule has 0 amide bonds. The Hall–Kier alpha value is -5.21. The highest BCUT2D eigenvalue weighted by molar-refractivity contribution is 9.10. The first kappa shape index (κ1) is 30.3. The third kappa shape index (κ3) is 4.73. The van der Waals surface area contributed by atoms with Crippen molar-refractivity contribution in [2.24, 2.45) is 15.8 Å². The summed E-state index contributed by atoms with van der Waals surface area (Å²) in [7, 11) is 0. The van der Waals surface area contributed by atoms with Gasteiger partial charge in [-0.2, -0.15) is 21.0 Å². The quantitative estimate of drug-likeness (QED) is 0.222. The van der Waals surface area contributed by atoms with Gasteiger partial charge in [-0.15, -0.1) is 0 Å². The Morgan fingerprint density at radius 2 is 1.20 bits per heavy atom. The summed E-state index contributed by atoms with van der Waals surface area (Å²) < 4.78 is 0.887. The number of hydrogen-bond acceptors (Lipinski definition) is 6. The molecule has 7 heteroatoms. The Morgan fingerprint density at radius 1 is 0.659 bits per heavy atom. The maximum absolute atomic E-state index is 11.0. The number of anilines is 2. The molecule has 4 aromatic rings. The van der Waals surface area contributed by atoms with Gasteiger partial charge in [0.05, 0.1) is 35.9 Å². The van der Waals surface area contributed by atoms with Crippen LogP contribution >= 0.6 is 15.9 Å². The van der Waals surface area contributed by atoms with Crippen molar-refractivity contribution in [3.8, 4) is 24.3 Å². The summed E-state index contributed by atoms with van der Waals surface area (Å²) in [6.45, 7) is 8.03. The number of amidine groups is 1. The van der Waals surface area contributed by atoms with Gasteiger partial charge in [-0.1, -0.05) is 93.8 Å². The van der Waals surface area contributed by atoms with E-state index in [2.05, 4.69) is 52.3 Å². The van der Waals surface area contributed by atoms with Crippen molar-refractivity contribution in [3.05, 3.63) is 129 Å². The number of benzene rings is 4. The van der Waals surface area contributed by atoms with E-state index in [1.54, 1.807) is 0 Å². The molecule has 214 valence electrons. The number of nitriles is 4. The third-order valence-electron chi connectivity index (χ3n) is 8.39. The van der Waals surface area contributed by atoms with Gasteiger partial charge in [0.25, 0.3) is 0 Å². The molecule has 4 aromatic carbocycles. The van der Waals surface area contributed by atoms with Gasteiger partial charge in [-0.3, -0.25) is 9.89 Å². The Balaban J connectivity index is 1.99. The fourth-order valence-electron chi connectivity index (χ4n) is 6.39. The number of rotatable bonds is 4. The molecule has 2 atom stereocenters. The van der Waals surface area contributed by atoms with Crippen molar-refractivity contribution in [2.75, 3.05) is 4.90 Å². The van der Waals surface area contributed by atoms with Crippen LogP contribution in [0.2, 0.25) is 0 Å². The first-order valence-corrected chi connectivity index (χ1v) is 14.9. The van der Waals surface area contributed by atoms with E-state index in [1.165, 1.54) is 0 Å². The van der Waals surface area contributed by atoms with Crippen LogP contribution in [0.1, 0.15) is 45.3 Å². The highest BCUT2D eigenvalue weighted by Gasteiger charge is 2.68. The second kappa shape index (κ2) is 11.8. The number of halogens is 1. The van der Waals surface area contributed by atoms with Crippen molar-refractivity contribution in [1.82, 2.24) is 0 Å². The van der Waals surface area contributed by atoms with Gasteiger partial charge in [-0.25, -0.2) is 0 Å². The zero-order valence-electron chi connectivity index (χ0n) is 24.9. The summed E-state index contributed by atoms with van der Waals surface area (Å²) in [6.07, 6.45) is 0. The van der Waals surface area contributed by atoms with E-state index in [9.17, 15) is 21.0 Å². The van der Waals surface area contributed by atoms with Crippen LogP contribution in [0.3, 0.4) is 0 Å². The summed E-state index contributed by atoms with van der Waals surface area (Å²) >= 11 is 3.55. The van der Waals surface area contributed by atoms with Gasteiger partial charge < -0.3 is 0 Å². The summed E-state index contributed by atoms with van der Waals surface area (Å²) in [4.78, 5) is 7.29. The Labute approximate surface area is 266 Å². The van der Waals surface area contributed by atoms with Crippen LogP contribution in [0.25, 0.3) is 0 Å². The summed E-state index contributed by atoms with van der Waals surface area (Å²) in [6, 6.07) is 36.1. The molecule has 0 aliphatic carbocycles. The SMILES string of the molecule is Cc1ccc([C@H]2N=C(N(c3ccc(Br)cc3)c3c(C)cc(C)cc3C)[C@H](c3ccccc3)C(C#N)(C#N)C2(C#N)C#N)cc1. The smallest absolute Gasteiger partial charge is 0.202 e. The minimum Gasteiger partial charge on any atom is -0.298 e. The Bertz CT molecular complexity index is 1870. The fourth-order valence-corrected chi connectivity index (χ4v) is 6.65. The van der Waals surface area contributed by atoms with Crippen LogP contribution in [0.5, 0.6) is 0 Å². The van der Waals surface area contributed by atoms with Gasteiger partial charge in [0.1, 0.15) is 11.9 Å². The zero-order chi connectivity index (χ0) is 31.6. The third-order valence-corrected chi connectivity index (χ3v) is 8.92. The summed E-state index contributed by atoms with van der Waals surface area (Å²) in [5.41, 5.74) is 2.57. The van der Waals surface area contributed by atoms with E-state index in [-0.39, 0.29) is 0 Å². The van der Waals surface area contributed by atoms with Gasteiger partial charge in [0.15, 0.2) is 5.41 Å². The highest BCUT2D eigenvalue weighted by atomic mass is 79.9. The van der Waals surface area contributed by atoms with Crippen molar-refractivity contribution in [3.63, 3.8) is 0 Å². The highest BCUT2D eigenvalue weighted by Crippen LogP contribution is 2.60. The molecular weight excluding hydrogens is 608 g/mol. The zero-order valence-corrected chi connectivity index (χ0v) is 26.5. The van der Waals surface area contributed by atoms with Crippen LogP contribution < -0.4 is 4.90 Å². The molecule has 1 aliphatic rings. The molecule has 0 N–H and O–H groups in total. The fraction of sp³-hybridized carbons (Fsp3) is 0.216. The number of aryl methyl sites for hydroxylation is 4. The topological polar surface area (TPSA) is 111 Å². The summed E-state index contributed by atoms with van der Waals surface area (Å²) in [5.74, 6) is -0.646. The normalized spacial score (nSPS) is 18.1. The Morgan fingerprint density at radius 3 is 1.73 bits per heavy atom. The van der Waals surface area contributed by atoms with E-state index in [0.29, 0.717) is 17.0 Å². The maximum atomic E-state index is 11.0. The molecule has 5 rings (SSSR count). The number of nitrogens with zero attached hydrogens (tertiary/aromatic N) is 6. The Kier molecular flexibility index (Phi) is 8.13. The minimum absolute atomic E-state index is 0.406. The molecule has 0 aromatic heterocycles. The van der Waals surface area contributed by atoms with Crippen molar-refractivity contribution < 1.29 is 0 Å². The molecule has 0 saturated heterocycles. The van der Waals surface area contributed by atoms with Crippen LogP contribution in [0.15, 0.2) is 100 Å². The average Bonchev–Trinajstić information content (AvgIpc) is 3.03. The molecule has 1 heterocycles. The first-order valence-electron chi connectivity index (χ1n) is 14.1. The van der Waals surface area contributed by atoms with Crippen LogP contribution in [-0.2, 0) is 0 Å². The van der Waals surface area contributed by atoms with E-state index >= 15 is 0 Å². The standard InChI is InChI=1S/C37H29BrN6/c1-24-10-12-29(13-11-24)34-37(22-41,23-42)36(20-39,21-40)32(28-8-6-5-7-9-28)35(43-34)44(31-16-14-30(38)15-17-31)33-26(3)18-25(2)19-27(33)4/h5-19,32,34H,1-4H3/t32-,34+/m0/s1. The van der Waals surface area contributed by atoms with E-state index < -0.39 is 22.8 Å². The minimum atomic E-state index is -2.13. The van der Waals surface area contributed by atoms with Crippen molar-refractivity contribution in [2.45, 2.75) is 39.7 Å². The lowest BCUT2D eigenvalue weighted by Crippen LogP contribution is -2.55. The van der Waals surface area contributed by atoms with Gasteiger partial charge >= 0.3 is 0 Å². The molecule has 0 spiro atoms. The largest absolute Gasteiger partial charge is 0.298 e. The maximum Gasteiger partial charge on any atom is 0.202 e. The lowest BCUT2D eigenvalue weighted by Gasteiger charge is -2.48. The van der Waals surface area contributed by atoms with Gasteiger partial charge in [0.2, 0.25) is 5.41 Å². The lowest BCUT2D eigenvalue weighted by molar-refractivity contribution is 0.216. The molecule has 44 heavy (non-hydrogen) atoms. The predicted octanol–water partition coefficient (Wildman–Crippen LogP) is 8.83. The predicted molar refractivity (Wildman–Crippen MR) is 175 cm³/mol. The average molecular weight is 638 g/mol. The molecule has 0 unspecified atom stereocenters. The lowest BCUT2D eigenvalue weighted by atomic mass is 9.52. The molecule has 0 fully saturated rings. The van der Waals surface area contributed by atoms with Crippen LogP contribution in [0.4, 0.5) is 11.4 Å². The van der Waals surface area contributed by atoms with Crippen molar-refractivity contribution in [1.29, 1.82) is 21.0 Å². The molecule has 0 radical (unpaired) electrons. The number of hydrogen-bond donors (Lipinski definition) is 0. The molecule has 1 aliphatic heterocycles. The second-order valence-electron chi connectivity index (χ2n) is 11.3.